The fourth-order valence-electron chi connectivity index (χ4n) is 3.66. The van der Waals surface area contributed by atoms with Gasteiger partial charge in [0.25, 0.3) is 0 Å². The smallest absolute Gasteiger partial charge is 0.422 e. The average molecular weight is 447 g/mol. The third kappa shape index (κ3) is 6.68. The molecular weight excluding hydrogens is 417 g/mol. The largest absolute Gasteiger partial charge is 0.484 e. The van der Waals surface area contributed by atoms with Gasteiger partial charge in [0.2, 0.25) is 0 Å². The first-order valence-corrected chi connectivity index (χ1v) is 11.2. The summed E-state index contributed by atoms with van der Waals surface area (Å²) in [4.78, 5) is 6.85. The fourth-order valence-corrected chi connectivity index (χ4v) is 5.14. The molecule has 1 atom stereocenters. The minimum Gasteiger partial charge on any atom is -0.484 e. The zero-order valence-corrected chi connectivity index (χ0v) is 18.0. The van der Waals surface area contributed by atoms with Gasteiger partial charge in [-0.15, -0.1) is 0 Å². The van der Waals surface area contributed by atoms with E-state index in [1.807, 2.05) is 11.8 Å². The van der Waals surface area contributed by atoms with Gasteiger partial charge < -0.3 is 20.1 Å². The molecule has 30 heavy (non-hydrogen) atoms. The number of aliphatic imine (C=N–C) groups is 1. The molecule has 2 fully saturated rings. The molecule has 3 rings (SSSR count). The van der Waals surface area contributed by atoms with Crippen molar-refractivity contribution in [2.24, 2.45) is 4.99 Å². The molecule has 0 aliphatic carbocycles. The molecule has 0 amide bonds. The minimum absolute atomic E-state index is 0.115. The fraction of sp³-hybridized carbons (Fsp3) is 0.650. The highest BCUT2D eigenvalue weighted by Crippen LogP contribution is 2.33. The zero-order valence-electron chi connectivity index (χ0n) is 17.1. The predicted octanol–water partition coefficient (Wildman–Crippen LogP) is 2.50. The second-order valence-electron chi connectivity index (χ2n) is 7.45. The summed E-state index contributed by atoms with van der Waals surface area (Å²) in [5.74, 6) is 3.16. The van der Waals surface area contributed by atoms with Crippen molar-refractivity contribution in [1.29, 1.82) is 0 Å². The summed E-state index contributed by atoms with van der Waals surface area (Å²) in [7, 11) is 1.73. The minimum atomic E-state index is -4.34. The summed E-state index contributed by atoms with van der Waals surface area (Å²) in [6, 6.07) is 6.58. The van der Waals surface area contributed by atoms with Crippen LogP contribution in [0.3, 0.4) is 0 Å². The van der Waals surface area contributed by atoms with Gasteiger partial charge in [-0.3, -0.25) is 9.89 Å². The number of morpholine rings is 1. The first-order chi connectivity index (χ1) is 14.4. The Balaban J connectivity index is 1.48. The molecule has 1 unspecified atom stereocenters. The molecule has 2 aliphatic heterocycles. The molecule has 0 saturated carbocycles. The van der Waals surface area contributed by atoms with Gasteiger partial charge in [-0.05, 0) is 29.9 Å². The van der Waals surface area contributed by atoms with Gasteiger partial charge in [0.05, 0.1) is 13.2 Å². The van der Waals surface area contributed by atoms with E-state index in [0.717, 1.165) is 56.3 Å². The molecule has 168 valence electrons. The van der Waals surface area contributed by atoms with Crippen molar-refractivity contribution < 1.29 is 22.6 Å². The molecule has 1 aromatic carbocycles. The Labute approximate surface area is 179 Å². The number of halogens is 3. The molecule has 2 N–H and O–H groups in total. The maximum Gasteiger partial charge on any atom is 0.422 e. The zero-order chi connectivity index (χ0) is 21.5. The molecule has 2 heterocycles. The van der Waals surface area contributed by atoms with Crippen LogP contribution in [0.5, 0.6) is 5.75 Å². The normalized spacial score (nSPS) is 23.4. The van der Waals surface area contributed by atoms with Crippen LogP contribution in [-0.2, 0) is 11.3 Å². The van der Waals surface area contributed by atoms with Gasteiger partial charge in [0.15, 0.2) is 12.6 Å². The Morgan fingerprint density at radius 3 is 2.57 bits per heavy atom. The summed E-state index contributed by atoms with van der Waals surface area (Å²) in [6.45, 7) is 3.50. The van der Waals surface area contributed by atoms with E-state index in [1.54, 1.807) is 31.3 Å². The molecule has 0 bridgehead atoms. The van der Waals surface area contributed by atoms with Gasteiger partial charge in [0.1, 0.15) is 5.75 Å². The van der Waals surface area contributed by atoms with Crippen LogP contribution >= 0.6 is 11.8 Å². The van der Waals surface area contributed by atoms with Gasteiger partial charge >= 0.3 is 6.18 Å². The summed E-state index contributed by atoms with van der Waals surface area (Å²) in [6.07, 6.45) is -3.20. The van der Waals surface area contributed by atoms with Crippen LogP contribution < -0.4 is 15.4 Å². The predicted molar refractivity (Wildman–Crippen MR) is 113 cm³/mol. The molecule has 0 aromatic heterocycles. The summed E-state index contributed by atoms with van der Waals surface area (Å²) in [5, 5.41) is 6.74. The molecule has 0 spiro atoms. The Morgan fingerprint density at radius 2 is 1.97 bits per heavy atom. The van der Waals surface area contributed by atoms with Gasteiger partial charge in [0, 0.05) is 44.5 Å². The standard InChI is InChI=1S/C20H29F3N4O2S/c1-24-18(25-12-16-2-4-17(5-3-16)29-14-20(21,22)23)26-13-19(6-11-30-15-19)27-7-9-28-10-8-27/h2-5H,6-15H2,1H3,(H2,24,25,26). The number of hydrogen-bond acceptors (Lipinski definition) is 5. The van der Waals surface area contributed by atoms with Crippen LogP contribution in [0.1, 0.15) is 12.0 Å². The Bertz CT molecular complexity index is 688. The van der Waals surface area contributed by atoms with Crippen molar-refractivity contribution in [1.82, 2.24) is 15.5 Å². The Morgan fingerprint density at radius 1 is 1.23 bits per heavy atom. The lowest BCUT2D eigenvalue weighted by Gasteiger charge is -2.43. The average Bonchev–Trinajstić information content (AvgIpc) is 3.23. The maximum absolute atomic E-state index is 12.2. The van der Waals surface area contributed by atoms with E-state index in [0.29, 0.717) is 12.5 Å². The van der Waals surface area contributed by atoms with Crippen molar-refractivity contribution in [3.8, 4) is 5.75 Å². The molecule has 10 heteroatoms. The van der Waals surface area contributed by atoms with Gasteiger partial charge in [-0.25, -0.2) is 0 Å². The lowest BCUT2D eigenvalue weighted by Crippen LogP contribution is -2.60. The molecule has 2 saturated heterocycles. The third-order valence-corrected chi connectivity index (χ3v) is 6.59. The van der Waals surface area contributed by atoms with Crippen LogP contribution in [0, 0.1) is 0 Å². The van der Waals surface area contributed by atoms with Gasteiger partial charge in [-0.2, -0.15) is 24.9 Å². The highest BCUT2D eigenvalue weighted by molar-refractivity contribution is 7.99. The number of rotatable bonds is 7. The lowest BCUT2D eigenvalue weighted by atomic mass is 9.95. The highest BCUT2D eigenvalue weighted by Gasteiger charge is 2.40. The number of thioether (sulfide) groups is 1. The van der Waals surface area contributed by atoms with E-state index in [2.05, 4.69) is 20.5 Å². The summed E-state index contributed by atoms with van der Waals surface area (Å²) >= 11 is 1.99. The number of ether oxygens (including phenoxy) is 2. The summed E-state index contributed by atoms with van der Waals surface area (Å²) in [5.41, 5.74) is 1.04. The maximum atomic E-state index is 12.2. The van der Waals surface area contributed by atoms with Gasteiger partial charge in [-0.1, -0.05) is 12.1 Å². The van der Waals surface area contributed by atoms with Crippen molar-refractivity contribution in [2.45, 2.75) is 24.7 Å². The van der Waals surface area contributed by atoms with E-state index < -0.39 is 12.8 Å². The molecule has 0 radical (unpaired) electrons. The first kappa shape index (κ1) is 23.0. The first-order valence-electron chi connectivity index (χ1n) is 10.0. The second kappa shape index (κ2) is 10.6. The molecule has 2 aliphatic rings. The Kier molecular flexibility index (Phi) is 8.13. The van der Waals surface area contributed by atoms with Crippen LogP contribution in [0.25, 0.3) is 0 Å². The number of nitrogens with one attached hydrogen (secondary N) is 2. The quantitative estimate of drug-likeness (QED) is 0.496. The number of benzene rings is 1. The van der Waals surface area contributed by atoms with Crippen LogP contribution in [-0.4, -0.2) is 80.6 Å². The summed E-state index contributed by atoms with van der Waals surface area (Å²) < 4.78 is 47.0. The highest BCUT2D eigenvalue weighted by atomic mass is 32.2. The molecule has 6 nitrogen and oxygen atoms in total. The monoisotopic (exact) mass is 446 g/mol. The van der Waals surface area contributed by atoms with Crippen LogP contribution in [0.4, 0.5) is 13.2 Å². The van der Waals surface area contributed by atoms with E-state index in [9.17, 15) is 13.2 Å². The van der Waals surface area contributed by atoms with E-state index in [1.165, 1.54) is 0 Å². The Hall–Kier alpha value is -1.65. The molecular formula is C20H29F3N4O2S. The van der Waals surface area contributed by atoms with E-state index in [4.69, 9.17) is 9.47 Å². The number of nitrogens with zero attached hydrogens (tertiary/aromatic N) is 2. The topological polar surface area (TPSA) is 58.1 Å². The number of guanidine groups is 1. The third-order valence-electron chi connectivity index (χ3n) is 5.36. The molecule has 1 aromatic rings. The van der Waals surface area contributed by atoms with Crippen molar-refractivity contribution >= 4 is 17.7 Å². The lowest BCUT2D eigenvalue weighted by molar-refractivity contribution is -0.153. The van der Waals surface area contributed by atoms with E-state index >= 15 is 0 Å². The van der Waals surface area contributed by atoms with Crippen LogP contribution in [0.2, 0.25) is 0 Å². The number of hydrogen-bond donors (Lipinski definition) is 2. The second-order valence-corrected chi connectivity index (χ2v) is 8.56. The SMILES string of the molecule is CN=C(NCc1ccc(OCC(F)(F)F)cc1)NCC1(N2CCOCC2)CCSC1. The van der Waals surface area contributed by atoms with Crippen molar-refractivity contribution in [3.05, 3.63) is 29.8 Å². The van der Waals surface area contributed by atoms with Crippen molar-refractivity contribution in [2.75, 3.05) is 58.0 Å². The number of alkyl halides is 3. The van der Waals surface area contributed by atoms with E-state index in [-0.39, 0.29) is 11.3 Å². The van der Waals surface area contributed by atoms with Crippen LogP contribution in [0.15, 0.2) is 29.3 Å². The van der Waals surface area contributed by atoms with Crippen molar-refractivity contribution in [3.63, 3.8) is 0 Å².